The van der Waals surface area contributed by atoms with Crippen molar-refractivity contribution in [1.29, 1.82) is 0 Å². The summed E-state index contributed by atoms with van der Waals surface area (Å²) in [6.45, 7) is 2.26. The molecule has 0 saturated carbocycles. The lowest BCUT2D eigenvalue weighted by Gasteiger charge is -2.26. The minimum Gasteiger partial charge on any atom is -0.314 e. The highest BCUT2D eigenvalue weighted by molar-refractivity contribution is 8.00. The van der Waals surface area contributed by atoms with Crippen LogP contribution in [0.5, 0.6) is 0 Å². The fraction of sp³-hybridized carbons (Fsp3) is 0.333. The highest BCUT2D eigenvalue weighted by Gasteiger charge is 2.17. The maximum absolute atomic E-state index is 5.77. The van der Waals surface area contributed by atoms with Crippen LogP contribution in [0.2, 0.25) is 5.02 Å². The molecule has 0 aromatic heterocycles. The molecule has 1 saturated heterocycles. The van der Waals surface area contributed by atoms with Crippen LogP contribution >= 0.6 is 23.4 Å². The lowest BCUT2D eigenvalue weighted by Crippen LogP contribution is -2.44. The highest BCUT2D eigenvalue weighted by atomic mass is 35.5. The van der Waals surface area contributed by atoms with Crippen LogP contribution in [0.4, 0.5) is 0 Å². The van der Waals surface area contributed by atoms with Crippen molar-refractivity contribution in [2.24, 2.45) is 0 Å². The number of halogens is 1. The first kappa shape index (κ1) is 8.42. The van der Waals surface area contributed by atoms with Gasteiger partial charge in [0.15, 0.2) is 0 Å². The number of thioether (sulfide) groups is 1. The first-order valence-corrected chi connectivity index (χ1v) is 5.23. The van der Waals surface area contributed by atoms with Crippen molar-refractivity contribution in [2.45, 2.75) is 10.1 Å². The van der Waals surface area contributed by atoms with Crippen LogP contribution < -0.4 is 5.32 Å². The quantitative estimate of drug-likeness (QED) is 0.785. The van der Waals surface area contributed by atoms with E-state index in [0.29, 0.717) is 0 Å². The Morgan fingerprint density at radius 3 is 2.42 bits per heavy atom. The third-order valence-electron chi connectivity index (χ3n) is 1.86. The zero-order chi connectivity index (χ0) is 8.39. The molecule has 1 aliphatic heterocycles. The summed E-state index contributed by atoms with van der Waals surface area (Å²) < 4.78 is 0. The largest absolute Gasteiger partial charge is 0.314 e. The first-order valence-electron chi connectivity index (χ1n) is 3.97. The summed E-state index contributed by atoms with van der Waals surface area (Å²) in [6, 6.07) is 8.03. The Kier molecular flexibility index (Phi) is 2.59. The van der Waals surface area contributed by atoms with Crippen molar-refractivity contribution in [3.63, 3.8) is 0 Å². The molecular weight excluding hydrogens is 190 g/mol. The van der Waals surface area contributed by atoms with Crippen LogP contribution in [0.25, 0.3) is 0 Å². The molecule has 0 atom stereocenters. The SMILES string of the molecule is Clc1ccc(SC2CNC2)cc1. The van der Waals surface area contributed by atoms with E-state index in [2.05, 4.69) is 17.4 Å². The minimum absolute atomic E-state index is 0.756. The molecule has 1 aromatic rings. The normalized spacial score (nSPS) is 17.4. The van der Waals surface area contributed by atoms with E-state index < -0.39 is 0 Å². The standard InChI is InChI=1S/C9H10ClNS/c10-7-1-3-8(4-2-7)12-9-5-11-6-9/h1-4,9,11H,5-6H2. The number of benzene rings is 1. The summed E-state index contributed by atoms with van der Waals surface area (Å²) in [5.41, 5.74) is 0. The summed E-state index contributed by atoms with van der Waals surface area (Å²) in [5, 5.41) is 4.81. The second kappa shape index (κ2) is 3.69. The van der Waals surface area contributed by atoms with Crippen molar-refractivity contribution in [3.8, 4) is 0 Å². The van der Waals surface area contributed by atoms with Gasteiger partial charge in [-0.15, -0.1) is 11.8 Å². The summed E-state index contributed by atoms with van der Waals surface area (Å²) in [7, 11) is 0. The molecule has 1 heterocycles. The van der Waals surface area contributed by atoms with Gasteiger partial charge in [0.1, 0.15) is 0 Å². The van der Waals surface area contributed by atoms with Crippen molar-refractivity contribution in [2.75, 3.05) is 13.1 Å². The van der Waals surface area contributed by atoms with E-state index in [0.717, 1.165) is 23.4 Å². The van der Waals surface area contributed by atoms with Crippen LogP contribution in [-0.2, 0) is 0 Å². The molecule has 0 spiro atoms. The molecule has 1 aliphatic rings. The van der Waals surface area contributed by atoms with Crippen molar-refractivity contribution < 1.29 is 0 Å². The number of hydrogen-bond donors (Lipinski definition) is 1. The number of rotatable bonds is 2. The molecule has 0 amide bonds. The Balaban J connectivity index is 1.98. The van der Waals surface area contributed by atoms with Crippen LogP contribution in [0.1, 0.15) is 0 Å². The van der Waals surface area contributed by atoms with E-state index >= 15 is 0 Å². The molecule has 0 bridgehead atoms. The monoisotopic (exact) mass is 199 g/mol. The van der Waals surface area contributed by atoms with Gasteiger partial charge in [-0.1, -0.05) is 11.6 Å². The average Bonchev–Trinajstić information content (AvgIpc) is 2.00. The lowest BCUT2D eigenvalue weighted by molar-refractivity contribution is 0.544. The molecule has 2 rings (SSSR count). The fourth-order valence-corrected chi connectivity index (χ4v) is 2.26. The van der Waals surface area contributed by atoms with E-state index in [1.54, 1.807) is 0 Å². The Morgan fingerprint density at radius 2 is 1.92 bits per heavy atom. The number of hydrogen-bond acceptors (Lipinski definition) is 2. The smallest absolute Gasteiger partial charge is 0.0406 e. The molecule has 0 unspecified atom stereocenters. The van der Waals surface area contributed by atoms with Gasteiger partial charge in [-0.25, -0.2) is 0 Å². The predicted octanol–water partition coefficient (Wildman–Crippen LogP) is 2.40. The van der Waals surface area contributed by atoms with Crippen LogP contribution in [0.3, 0.4) is 0 Å². The Morgan fingerprint density at radius 1 is 1.25 bits per heavy atom. The third kappa shape index (κ3) is 1.94. The van der Waals surface area contributed by atoms with Gasteiger partial charge in [0.25, 0.3) is 0 Å². The van der Waals surface area contributed by atoms with Gasteiger partial charge in [-0.3, -0.25) is 0 Å². The van der Waals surface area contributed by atoms with Crippen molar-refractivity contribution >= 4 is 23.4 Å². The highest BCUT2D eigenvalue weighted by Crippen LogP contribution is 2.26. The molecule has 1 aromatic carbocycles. The molecule has 0 radical (unpaired) electrons. The summed E-state index contributed by atoms with van der Waals surface area (Å²) >= 11 is 7.69. The van der Waals surface area contributed by atoms with Gasteiger partial charge in [-0.05, 0) is 24.3 Å². The molecule has 1 fully saturated rings. The van der Waals surface area contributed by atoms with E-state index in [1.165, 1.54) is 4.90 Å². The van der Waals surface area contributed by atoms with Gasteiger partial charge >= 0.3 is 0 Å². The van der Waals surface area contributed by atoms with Gasteiger partial charge in [-0.2, -0.15) is 0 Å². The predicted molar refractivity (Wildman–Crippen MR) is 54.0 cm³/mol. The molecule has 3 heteroatoms. The van der Waals surface area contributed by atoms with E-state index in [9.17, 15) is 0 Å². The second-order valence-electron chi connectivity index (χ2n) is 2.85. The molecular formula is C9H10ClNS. The molecule has 64 valence electrons. The van der Waals surface area contributed by atoms with Crippen molar-refractivity contribution in [3.05, 3.63) is 29.3 Å². The maximum atomic E-state index is 5.77. The zero-order valence-corrected chi connectivity index (χ0v) is 8.16. The summed E-state index contributed by atoms with van der Waals surface area (Å²) in [5.74, 6) is 0. The fourth-order valence-electron chi connectivity index (χ4n) is 1.05. The van der Waals surface area contributed by atoms with Gasteiger partial charge < -0.3 is 5.32 Å². The van der Waals surface area contributed by atoms with E-state index in [-0.39, 0.29) is 0 Å². The van der Waals surface area contributed by atoms with Gasteiger partial charge in [0, 0.05) is 28.3 Å². The number of nitrogens with one attached hydrogen (secondary N) is 1. The third-order valence-corrected chi connectivity index (χ3v) is 3.32. The average molecular weight is 200 g/mol. The maximum Gasteiger partial charge on any atom is 0.0406 e. The second-order valence-corrected chi connectivity index (χ2v) is 4.66. The first-order chi connectivity index (χ1) is 5.84. The molecule has 12 heavy (non-hydrogen) atoms. The minimum atomic E-state index is 0.756. The van der Waals surface area contributed by atoms with Crippen LogP contribution in [0.15, 0.2) is 29.2 Å². The Labute approximate surface area is 81.5 Å². The molecule has 1 nitrogen and oxygen atoms in total. The van der Waals surface area contributed by atoms with E-state index in [1.807, 2.05) is 23.9 Å². The molecule has 0 aliphatic carbocycles. The van der Waals surface area contributed by atoms with E-state index in [4.69, 9.17) is 11.6 Å². The van der Waals surface area contributed by atoms with Crippen LogP contribution in [-0.4, -0.2) is 18.3 Å². The summed E-state index contributed by atoms with van der Waals surface area (Å²) in [4.78, 5) is 1.31. The van der Waals surface area contributed by atoms with Gasteiger partial charge in [0.2, 0.25) is 0 Å². The Hall–Kier alpha value is -0.180. The lowest BCUT2D eigenvalue weighted by atomic mass is 10.3. The topological polar surface area (TPSA) is 12.0 Å². The van der Waals surface area contributed by atoms with Gasteiger partial charge in [0.05, 0.1) is 0 Å². The molecule has 1 N–H and O–H groups in total. The van der Waals surface area contributed by atoms with Crippen molar-refractivity contribution in [1.82, 2.24) is 5.32 Å². The summed E-state index contributed by atoms with van der Waals surface area (Å²) in [6.07, 6.45) is 0. The Bertz CT molecular complexity index is 256. The van der Waals surface area contributed by atoms with Crippen LogP contribution in [0, 0.1) is 0 Å². The zero-order valence-electron chi connectivity index (χ0n) is 6.59.